The average Bonchev–Trinajstić information content (AvgIpc) is 2.28. The summed E-state index contributed by atoms with van der Waals surface area (Å²) in [4.78, 5) is 11.6. The molecule has 16 heavy (non-hydrogen) atoms. The van der Waals surface area contributed by atoms with Crippen LogP contribution in [0.15, 0.2) is 18.2 Å². The van der Waals surface area contributed by atoms with Crippen LogP contribution < -0.4 is 11.1 Å². The Balaban J connectivity index is 2.89. The lowest BCUT2D eigenvalue weighted by atomic mass is 10.1. The number of ether oxygens (including phenoxy) is 1. The first-order chi connectivity index (χ1) is 7.70. The number of hydrogen-bond donors (Lipinski definition) is 2. The molecule has 0 fully saturated rings. The molecule has 0 aliphatic carbocycles. The number of anilines is 2. The van der Waals surface area contributed by atoms with Crippen LogP contribution in [0.5, 0.6) is 0 Å². The van der Waals surface area contributed by atoms with Crippen LogP contribution in [-0.4, -0.2) is 19.1 Å². The summed E-state index contributed by atoms with van der Waals surface area (Å²) >= 11 is 0. The maximum absolute atomic E-state index is 11.6. The Hall–Kier alpha value is -1.71. The number of benzene rings is 1. The molecule has 0 saturated carbocycles. The summed E-state index contributed by atoms with van der Waals surface area (Å²) in [6.45, 7) is 5.02. The molecule has 0 aliphatic heterocycles. The van der Waals surface area contributed by atoms with Crippen LogP contribution in [0.3, 0.4) is 0 Å². The summed E-state index contributed by atoms with van der Waals surface area (Å²) in [7, 11) is 0. The molecular weight excluding hydrogens is 204 g/mol. The molecule has 3 N–H and O–H groups in total. The van der Waals surface area contributed by atoms with Gasteiger partial charge >= 0.3 is 5.97 Å². The molecule has 0 unspecified atom stereocenters. The number of carbonyl (C=O) groups is 1. The van der Waals surface area contributed by atoms with Crippen molar-refractivity contribution in [2.75, 3.05) is 24.2 Å². The van der Waals surface area contributed by atoms with Crippen molar-refractivity contribution in [3.05, 3.63) is 23.8 Å². The van der Waals surface area contributed by atoms with Gasteiger partial charge in [0.1, 0.15) is 0 Å². The summed E-state index contributed by atoms with van der Waals surface area (Å²) in [5.41, 5.74) is 7.55. The number of nitrogen functional groups attached to an aromatic ring is 1. The van der Waals surface area contributed by atoms with E-state index >= 15 is 0 Å². The fourth-order valence-electron chi connectivity index (χ4n) is 1.37. The van der Waals surface area contributed by atoms with E-state index in [0.29, 0.717) is 17.9 Å². The first-order valence-corrected chi connectivity index (χ1v) is 5.50. The zero-order valence-corrected chi connectivity index (χ0v) is 9.75. The quantitative estimate of drug-likeness (QED) is 0.592. The number of nitrogens with two attached hydrogens (primary N) is 1. The Morgan fingerprint density at radius 2 is 2.19 bits per heavy atom. The van der Waals surface area contributed by atoms with Crippen molar-refractivity contribution >= 4 is 17.3 Å². The van der Waals surface area contributed by atoms with Gasteiger partial charge in [-0.1, -0.05) is 13.0 Å². The lowest BCUT2D eigenvalue weighted by Crippen LogP contribution is -2.10. The van der Waals surface area contributed by atoms with Crippen molar-refractivity contribution in [3.8, 4) is 0 Å². The van der Waals surface area contributed by atoms with Crippen molar-refractivity contribution in [2.45, 2.75) is 20.3 Å². The Morgan fingerprint density at radius 3 is 2.81 bits per heavy atom. The molecular formula is C12H18N2O2. The molecule has 1 rings (SSSR count). The average molecular weight is 222 g/mol. The topological polar surface area (TPSA) is 64.3 Å². The Morgan fingerprint density at radius 1 is 1.44 bits per heavy atom. The largest absolute Gasteiger partial charge is 0.462 e. The van der Waals surface area contributed by atoms with E-state index in [-0.39, 0.29) is 5.97 Å². The number of hydrogen-bond acceptors (Lipinski definition) is 4. The summed E-state index contributed by atoms with van der Waals surface area (Å²) in [6.07, 6.45) is 1.00. The molecule has 0 aliphatic rings. The molecule has 0 saturated heterocycles. The van der Waals surface area contributed by atoms with E-state index in [2.05, 4.69) is 12.2 Å². The minimum atomic E-state index is -0.375. The third kappa shape index (κ3) is 2.89. The van der Waals surface area contributed by atoms with Gasteiger partial charge in [0.05, 0.1) is 23.5 Å². The molecule has 4 heteroatoms. The maximum Gasteiger partial charge on any atom is 0.340 e. The minimum absolute atomic E-state index is 0.352. The van der Waals surface area contributed by atoms with Gasteiger partial charge in [-0.2, -0.15) is 0 Å². The highest BCUT2D eigenvalue weighted by Crippen LogP contribution is 2.23. The monoisotopic (exact) mass is 222 g/mol. The van der Waals surface area contributed by atoms with E-state index in [1.807, 2.05) is 6.07 Å². The van der Waals surface area contributed by atoms with Gasteiger partial charge in [0.2, 0.25) is 0 Å². The molecule has 0 bridgehead atoms. The normalized spacial score (nSPS) is 9.88. The van der Waals surface area contributed by atoms with E-state index in [1.54, 1.807) is 19.1 Å². The molecule has 0 heterocycles. The number of para-hydroxylation sites is 1. The SMILES string of the molecule is CCCNc1cccc(C(=O)OCC)c1N. The highest BCUT2D eigenvalue weighted by molar-refractivity contribution is 5.98. The first kappa shape index (κ1) is 12.4. The third-order valence-electron chi connectivity index (χ3n) is 2.17. The Kier molecular flexibility index (Phi) is 4.64. The number of rotatable bonds is 5. The van der Waals surface area contributed by atoms with Crippen molar-refractivity contribution in [3.63, 3.8) is 0 Å². The number of esters is 1. The molecule has 0 amide bonds. The highest BCUT2D eigenvalue weighted by atomic mass is 16.5. The summed E-state index contributed by atoms with van der Waals surface area (Å²) < 4.78 is 4.92. The predicted molar refractivity (Wildman–Crippen MR) is 65.6 cm³/mol. The minimum Gasteiger partial charge on any atom is -0.462 e. The molecule has 1 aromatic carbocycles. The van der Waals surface area contributed by atoms with Gasteiger partial charge in [-0.05, 0) is 25.5 Å². The van der Waals surface area contributed by atoms with Crippen molar-refractivity contribution in [2.24, 2.45) is 0 Å². The molecule has 4 nitrogen and oxygen atoms in total. The van der Waals surface area contributed by atoms with Crippen LogP contribution in [0.2, 0.25) is 0 Å². The van der Waals surface area contributed by atoms with E-state index in [4.69, 9.17) is 10.5 Å². The third-order valence-corrected chi connectivity index (χ3v) is 2.17. The molecule has 0 atom stereocenters. The standard InChI is InChI=1S/C12H18N2O2/c1-3-8-14-10-7-5-6-9(11(10)13)12(15)16-4-2/h5-7,14H,3-4,8,13H2,1-2H3. The van der Waals surface area contributed by atoms with Gasteiger partial charge in [-0.25, -0.2) is 4.79 Å². The van der Waals surface area contributed by atoms with Crippen LogP contribution in [0.25, 0.3) is 0 Å². The first-order valence-electron chi connectivity index (χ1n) is 5.50. The van der Waals surface area contributed by atoms with Gasteiger partial charge in [-0.15, -0.1) is 0 Å². The Bertz CT molecular complexity index is 364. The second kappa shape index (κ2) is 6.00. The van der Waals surface area contributed by atoms with Crippen molar-refractivity contribution in [1.29, 1.82) is 0 Å². The fourth-order valence-corrected chi connectivity index (χ4v) is 1.37. The molecule has 1 aromatic rings. The van der Waals surface area contributed by atoms with Crippen molar-refractivity contribution < 1.29 is 9.53 Å². The van der Waals surface area contributed by atoms with Crippen LogP contribution in [0, 0.1) is 0 Å². The van der Waals surface area contributed by atoms with Gasteiger partial charge in [0.15, 0.2) is 0 Å². The second-order valence-corrected chi connectivity index (χ2v) is 3.41. The fraction of sp³-hybridized carbons (Fsp3) is 0.417. The zero-order valence-electron chi connectivity index (χ0n) is 9.75. The van der Waals surface area contributed by atoms with E-state index in [9.17, 15) is 4.79 Å². The van der Waals surface area contributed by atoms with Gasteiger partial charge in [0, 0.05) is 6.54 Å². The lowest BCUT2D eigenvalue weighted by molar-refractivity contribution is 0.0527. The summed E-state index contributed by atoms with van der Waals surface area (Å²) in [5.74, 6) is -0.375. The molecule has 0 spiro atoms. The zero-order chi connectivity index (χ0) is 12.0. The second-order valence-electron chi connectivity index (χ2n) is 3.41. The summed E-state index contributed by atoms with van der Waals surface area (Å²) in [6, 6.07) is 5.32. The van der Waals surface area contributed by atoms with Crippen LogP contribution in [0.4, 0.5) is 11.4 Å². The number of carbonyl (C=O) groups excluding carboxylic acids is 1. The van der Waals surface area contributed by atoms with Crippen LogP contribution in [-0.2, 0) is 4.74 Å². The van der Waals surface area contributed by atoms with Gasteiger partial charge < -0.3 is 15.8 Å². The molecule has 88 valence electrons. The van der Waals surface area contributed by atoms with Crippen molar-refractivity contribution in [1.82, 2.24) is 0 Å². The number of nitrogens with one attached hydrogen (secondary N) is 1. The Labute approximate surface area is 95.8 Å². The molecule has 0 radical (unpaired) electrons. The van der Waals surface area contributed by atoms with E-state index < -0.39 is 0 Å². The smallest absolute Gasteiger partial charge is 0.340 e. The van der Waals surface area contributed by atoms with E-state index in [1.165, 1.54) is 0 Å². The predicted octanol–water partition coefficient (Wildman–Crippen LogP) is 2.27. The van der Waals surface area contributed by atoms with Crippen LogP contribution >= 0.6 is 0 Å². The van der Waals surface area contributed by atoms with Gasteiger partial charge in [0.25, 0.3) is 0 Å². The summed E-state index contributed by atoms with van der Waals surface area (Å²) in [5, 5.41) is 3.17. The van der Waals surface area contributed by atoms with E-state index in [0.717, 1.165) is 18.7 Å². The lowest BCUT2D eigenvalue weighted by Gasteiger charge is -2.11. The van der Waals surface area contributed by atoms with Gasteiger partial charge in [-0.3, -0.25) is 0 Å². The maximum atomic E-state index is 11.6. The van der Waals surface area contributed by atoms with Crippen LogP contribution in [0.1, 0.15) is 30.6 Å². The highest BCUT2D eigenvalue weighted by Gasteiger charge is 2.12. The molecule has 0 aromatic heterocycles.